The fourth-order valence-electron chi connectivity index (χ4n) is 2.24. The zero-order valence-corrected chi connectivity index (χ0v) is 10.2. The first-order valence-corrected chi connectivity index (χ1v) is 6.86. The number of nitrogens with one attached hydrogen (secondary N) is 2. The van der Waals surface area contributed by atoms with Gasteiger partial charge in [-0.25, -0.2) is 0 Å². The molecule has 2 atom stereocenters. The zero-order chi connectivity index (χ0) is 10.7. The number of rotatable bonds is 3. The van der Waals surface area contributed by atoms with Gasteiger partial charge >= 0.3 is 0 Å². The standard InChI is InChI=1S/C11H20N2OS/c1-11(4-5-12-8-11)10(14)13-7-9-3-2-6-15-9/h9,12H,2-8H2,1H3,(H,13,14). The monoisotopic (exact) mass is 228 g/mol. The molecule has 0 aromatic rings. The summed E-state index contributed by atoms with van der Waals surface area (Å²) in [4.78, 5) is 12.0. The van der Waals surface area contributed by atoms with Crippen molar-refractivity contribution in [1.82, 2.24) is 10.6 Å². The molecule has 0 spiro atoms. The van der Waals surface area contributed by atoms with E-state index in [9.17, 15) is 4.79 Å². The number of amides is 1. The largest absolute Gasteiger partial charge is 0.354 e. The molecular formula is C11H20N2OS. The van der Waals surface area contributed by atoms with Crippen molar-refractivity contribution >= 4 is 17.7 Å². The van der Waals surface area contributed by atoms with Gasteiger partial charge in [0.25, 0.3) is 0 Å². The summed E-state index contributed by atoms with van der Waals surface area (Å²) in [6.07, 6.45) is 3.54. The van der Waals surface area contributed by atoms with Crippen LogP contribution >= 0.6 is 11.8 Å². The van der Waals surface area contributed by atoms with Crippen molar-refractivity contribution in [1.29, 1.82) is 0 Å². The van der Waals surface area contributed by atoms with Gasteiger partial charge in [0.2, 0.25) is 5.91 Å². The van der Waals surface area contributed by atoms with E-state index in [1.54, 1.807) is 0 Å². The molecule has 0 aromatic heterocycles. The number of hydrogen-bond acceptors (Lipinski definition) is 3. The molecule has 0 saturated carbocycles. The smallest absolute Gasteiger partial charge is 0.227 e. The quantitative estimate of drug-likeness (QED) is 0.757. The minimum Gasteiger partial charge on any atom is -0.354 e. The van der Waals surface area contributed by atoms with Crippen LogP contribution in [0.25, 0.3) is 0 Å². The third-order valence-electron chi connectivity index (χ3n) is 3.43. The van der Waals surface area contributed by atoms with Crippen molar-refractivity contribution in [2.75, 3.05) is 25.4 Å². The highest BCUT2D eigenvalue weighted by molar-refractivity contribution is 8.00. The van der Waals surface area contributed by atoms with Crippen LogP contribution in [0.3, 0.4) is 0 Å². The van der Waals surface area contributed by atoms with E-state index in [0.29, 0.717) is 5.25 Å². The first kappa shape index (κ1) is 11.3. The number of carbonyl (C=O) groups is 1. The molecule has 0 bridgehead atoms. The molecule has 2 heterocycles. The first-order chi connectivity index (χ1) is 7.21. The number of hydrogen-bond donors (Lipinski definition) is 2. The van der Waals surface area contributed by atoms with Gasteiger partial charge in [0, 0.05) is 18.3 Å². The molecule has 2 aliphatic heterocycles. The van der Waals surface area contributed by atoms with E-state index in [0.717, 1.165) is 26.1 Å². The first-order valence-electron chi connectivity index (χ1n) is 5.81. The van der Waals surface area contributed by atoms with Gasteiger partial charge in [0.05, 0.1) is 5.41 Å². The summed E-state index contributed by atoms with van der Waals surface area (Å²) in [5.41, 5.74) is -0.163. The van der Waals surface area contributed by atoms with Crippen LogP contribution in [0.1, 0.15) is 26.2 Å². The maximum Gasteiger partial charge on any atom is 0.227 e. The van der Waals surface area contributed by atoms with Gasteiger partial charge in [-0.15, -0.1) is 0 Å². The third-order valence-corrected chi connectivity index (χ3v) is 4.83. The van der Waals surface area contributed by atoms with Crippen LogP contribution in [-0.4, -0.2) is 36.5 Å². The van der Waals surface area contributed by atoms with E-state index in [1.807, 2.05) is 11.8 Å². The van der Waals surface area contributed by atoms with Gasteiger partial charge in [-0.3, -0.25) is 4.79 Å². The molecule has 0 aromatic carbocycles. The molecule has 4 heteroatoms. The number of carbonyl (C=O) groups excluding carboxylic acids is 1. The topological polar surface area (TPSA) is 41.1 Å². The molecule has 15 heavy (non-hydrogen) atoms. The van der Waals surface area contributed by atoms with Gasteiger partial charge in [-0.2, -0.15) is 11.8 Å². The van der Waals surface area contributed by atoms with E-state index in [2.05, 4.69) is 17.6 Å². The van der Waals surface area contributed by atoms with Gasteiger partial charge in [0.15, 0.2) is 0 Å². The predicted molar refractivity (Wildman–Crippen MR) is 64.1 cm³/mol. The van der Waals surface area contributed by atoms with Crippen molar-refractivity contribution in [3.63, 3.8) is 0 Å². The second kappa shape index (κ2) is 4.74. The summed E-state index contributed by atoms with van der Waals surface area (Å²) in [5.74, 6) is 1.50. The molecule has 3 nitrogen and oxygen atoms in total. The minimum atomic E-state index is -0.163. The Bertz CT molecular complexity index is 233. The van der Waals surface area contributed by atoms with Crippen LogP contribution in [0, 0.1) is 5.41 Å². The molecule has 86 valence electrons. The van der Waals surface area contributed by atoms with E-state index < -0.39 is 0 Å². The van der Waals surface area contributed by atoms with Crippen molar-refractivity contribution in [2.45, 2.75) is 31.4 Å². The predicted octanol–water partition coefficient (Wildman–Crippen LogP) is 0.998. The molecule has 0 radical (unpaired) electrons. The summed E-state index contributed by atoms with van der Waals surface area (Å²) in [6, 6.07) is 0. The molecule has 2 aliphatic rings. The Morgan fingerprint density at radius 2 is 2.53 bits per heavy atom. The van der Waals surface area contributed by atoms with E-state index in [4.69, 9.17) is 0 Å². The second-order valence-corrected chi connectivity index (χ2v) is 6.24. The van der Waals surface area contributed by atoms with Gasteiger partial charge in [0.1, 0.15) is 0 Å². The van der Waals surface area contributed by atoms with Crippen molar-refractivity contribution in [3.8, 4) is 0 Å². The highest BCUT2D eigenvalue weighted by Gasteiger charge is 2.36. The Morgan fingerprint density at radius 1 is 1.67 bits per heavy atom. The van der Waals surface area contributed by atoms with Crippen LogP contribution < -0.4 is 10.6 Å². The molecule has 1 amide bonds. The average Bonchev–Trinajstić information content (AvgIpc) is 2.85. The van der Waals surface area contributed by atoms with Gasteiger partial charge < -0.3 is 10.6 Å². The lowest BCUT2D eigenvalue weighted by Crippen LogP contribution is -2.42. The van der Waals surface area contributed by atoms with Crippen LogP contribution in [0.15, 0.2) is 0 Å². The van der Waals surface area contributed by atoms with Crippen LogP contribution in [0.5, 0.6) is 0 Å². The maximum atomic E-state index is 12.0. The Balaban J connectivity index is 1.76. The zero-order valence-electron chi connectivity index (χ0n) is 9.34. The third kappa shape index (κ3) is 2.67. The molecule has 2 unspecified atom stereocenters. The SMILES string of the molecule is CC1(C(=O)NCC2CCCS2)CCNC1. The molecule has 2 saturated heterocycles. The van der Waals surface area contributed by atoms with Crippen LogP contribution in [-0.2, 0) is 4.79 Å². The van der Waals surface area contributed by atoms with E-state index in [-0.39, 0.29) is 11.3 Å². The lowest BCUT2D eigenvalue weighted by atomic mass is 9.89. The fourth-order valence-corrected chi connectivity index (χ4v) is 3.44. The van der Waals surface area contributed by atoms with Crippen LogP contribution in [0.4, 0.5) is 0 Å². The lowest BCUT2D eigenvalue weighted by Gasteiger charge is -2.22. The molecule has 0 aliphatic carbocycles. The van der Waals surface area contributed by atoms with E-state index in [1.165, 1.54) is 18.6 Å². The normalized spacial score (nSPS) is 35.7. The Morgan fingerprint density at radius 3 is 3.13 bits per heavy atom. The minimum absolute atomic E-state index is 0.163. The van der Waals surface area contributed by atoms with Crippen molar-refractivity contribution in [3.05, 3.63) is 0 Å². The molecule has 2 fully saturated rings. The average molecular weight is 228 g/mol. The summed E-state index contributed by atoms with van der Waals surface area (Å²) >= 11 is 2.00. The van der Waals surface area contributed by atoms with Gasteiger partial charge in [-0.1, -0.05) is 0 Å². The highest BCUT2D eigenvalue weighted by atomic mass is 32.2. The van der Waals surface area contributed by atoms with Crippen molar-refractivity contribution < 1.29 is 4.79 Å². The summed E-state index contributed by atoms with van der Waals surface area (Å²) in [7, 11) is 0. The summed E-state index contributed by atoms with van der Waals surface area (Å²) < 4.78 is 0. The Kier molecular flexibility index (Phi) is 3.57. The fraction of sp³-hybridized carbons (Fsp3) is 0.909. The number of thioether (sulfide) groups is 1. The molecular weight excluding hydrogens is 208 g/mol. The maximum absolute atomic E-state index is 12.0. The van der Waals surface area contributed by atoms with Crippen molar-refractivity contribution in [2.24, 2.45) is 5.41 Å². The second-order valence-electron chi connectivity index (χ2n) is 4.83. The highest BCUT2D eigenvalue weighted by Crippen LogP contribution is 2.27. The van der Waals surface area contributed by atoms with E-state index >= 15 is 0 Å². The molecule has 2 rings (SSSR count). The lowest BCUT2D eigenvalue weighted by molar-refractivity contribution is -0.129. The molecule has 2 N–H and O–H groups in total. The summed E-state index contributed by atoms with van der Waals surface area (Å²) in [6.45, 7) is 4.72. The van der Waals surface area contributed by atoms with Gasteiger partial charge in [-0.05, 0) is 38.5 Å². The van der Waals surface area contributed by atoms with Crippen LogP contribution in [0.2, 0.25) is 0 Å². The Labute approximate surface area is 95.8 Å². The summed E-state index contributed by atoms with van der Waals surface area (Å²) in [5, 5.41) is 7.02. The Hall–Kier alpha value is -0.220.